The Morgan fingerprint density at radius 1 is 0.957 bits per heavy atom. The minimum Gasteiger partial charge on any atom is -0.463 e. The third kappa shape index (κ3) is 17.3. The van der Waals surface area contributed by atoms with Crippen molar-refractivity contribution in [3.8, 4) is 0 Å². The van der Waals surface area contributed by atoms with Crippen LogP contribution < -0.4 is 0 Å². The highest BCUT2D eigenvalue weighted by Crippen LogP contribution is 2.09. The lowest BCUT2D eigenvalue weighted by molar-refractivity contribution is -0.147. The maximum absolute atomic E-state index is 11.3. The van der Waals surface area contributed by atoms with E-state index in [9.17, 15) is 4.79 Å². The zero-order valence-electron chi connectivity index (χ0n) is 14.8. The summed E-state index contributed by atoms with van der Waals surface area (Å²) >= 11 is 0. The summed E-state index contributed by atoms with van der Waals surface area (Å²) in [6.07, 6.45) is 17.2. The lowest BCUT2D eigenvalue weighted by Gasteiger charge is -2.08. The summed E-state index contributed by atoms with van der Waals surface area (Å²) < 4.78 is 4.84. The average molecular weight is 328 g/mol. The van der Waals surface area contributed by atoms with Crippen molar-refractivity contribution in [2.45, 2.75) is 90.1 Å². The maximum Gasteiger partial charge on any atom is 0.305 e. The highest BCUT2D eigenvalue weighted by Gasteiger charge is 2.07. The van der Waals surface area contributed by atoms with Crippen LogP contribution in [0.5, 0.6) is 0 Å². The van der Waals surface area contributed by atoms with Crippen LogP contribution in [0.15, 0.2) is 12.2 Å². The SMILES string of the molecule is CCCCCC/C=C\CCCCCCCC(=O)OC[C@H](O)CO. The van der Waals surface area contributed by atoms with Crippen LogP contribution in [0, 0.1) is 0 Å². The molecule has 0 saturated carbocycles. The Hall–Kier alpha value is -0.870. The number of unbranched alkanes of at least 4 members (excludes halogenated alkanes) is 9. The van der Waals surface area contributed by atoms with Crippen molar-refractivity contribution in [3.05, 3.63) is 12.2 Å². The minimum atomic E-state index is -0.960. The molecule has 0 fully saturated rings. The predicted octanol–water partition coefficient (Wildman–Crippen LogP) is 4.14. The van der Waals surface area contributed by atoms with Crippen LogP contribution in [0.1, 0.15) is 84.0 Å². The molecule has 23 heavy (non-hydrogen) atoms. The molecule has 1 atom stereocenters. The molecule has 0 unspecified atom stereocenters. The fraction of sp³-hybridized carbons (Fsp3) is 0.842. The summed E-state index contributed by atoms with van der Waals surface area (Å²) in [6, 6.07) is 0. The van der Waals surface area contributed by atoms with E-state index in [1.807, 2.05) is 0 Å². The highest BCUT2D eigenvalue weighted by atomic mass is 16.5. The number of allylic oxidation sites excluding steroid dienone is 2. The Morgan fingerprint density at radius 3 is 2.13 bits per heavy atom. The maximum atomic E-state index is 11.3. The van der Waals surface area contributed by atoms with Gasteiger partial charge in [0.05, 0.1) is 6.61 Å². The van der Waals surface area contributed by atoms with Crippen molar-refractivity contribution >= 4 is 5.97 Å². The van der Waals surface area contributed by atoms with E-state index >= 15 is 0 Å². The molecule has 0 radical (unpaired) electrons. The quantitative estimate of drug-likeness (QED) is 0.254. The topological polar surface area (TPSA) is 66.8 Å². The van der Waals surface area contributed by atoms with E-state index in [-0.39, 0.29) is 19.2 Å². The van der Waals surface area contributed by atoms with Gasteiger partial charge >= 0.3 is 5.97 Å². The second kappa shape index (κ2) is 17.5. The van der Waals surface area contributed by atoms with Gasteiger partial charge in [-0.25, -0.2) is 0 Å². The van der Waals surface area contributed by atoms with Crippen molar-refractivity contribution in [2.75, 3.05) is 13.2 Å². The zero-order valence-corrected chi connectivity index (χ0v) is 14.8. The molecule has 0 bridgehead atoms. The molecule has 0 aliphatic carbocycles. The van der Waals surface area contributed by atoms with Gasteiger partial charge < -0.3 is 14.9 Å². The van der Waals surface area contributed by atoms with Gasteiger partial charge in [-0.3, -0.25) is 4.79 Å². The van der Waals surface area contributed by atoms with Crippen LogP contribution in [0.25, 0.3) is 0 Å². The number of hydrogen-bond acceptors (Lipinski definition) is 4. The van der Waals surface area contributed by atoms with E-state index in [4.69, 9.17) is 14.9 Å². The first-order valence-corrected chi connectivity index (χ1v) is 9.30. The minimum absolute atomic E-state index is 0.111. The normalized spacial score (nSPS) is 12.7. The third-order valence-corrected chi connectivity index (χ3v) is 3.79. The first kappa shape index (κ1) is 22.1. The van der Waals surface area contributed by atoms with Crippen LogP contribution in [-0.2, 0) is 9.53 Å². The molecule has 0 aliphatic rings. The third-order valence-electron chi connectivity index (χ3n) is 3.79. The number of carbonyl (C=O) groups is 1. The van der Waals surface area contributed by atoms with Crippen LogP contribution in [0.3, 0.4) is 0 Å². The molecule has 0 aromatic heterocycles. The monoisotopic (exact) mass is 328 g/mol. The fourth-order valence-electron chi connectivity index (χ4n) is 2.30. The highest BCUT2D eigenvalue weighted by molar-refractivity contribution is 5.69. The van der Waals surface area contributed by atoms with Gasteiger partial charge in [0.1, 0.15) is 12.7 Å². The van der Waals surface area contributed by atoms with Gasteiger partial charge in [0.25, 0.3) is 0 Å². The van der Waals surface area contributed by atoms with E-state index in [2.05, 4.69) is 19.1 Å². The Labute approximate surface area is 141 Å². The molecule has 4 heteroatoms. The summed E-state index contributed by atoms with van der Waals surface area (Å²) in [6.45, 7) is 1.75. The number of rotatable bonds is 16. The number of aliphatic hydroxyl groups is 2. The van der Waals surface area contributed by atoms with Crippen molar-refractivity contribution in [2.24, 2.45) is 0 Å². The summed E-state index contributed by atoms with van der Waals surface area (Å²) in [7, 11) is 0. The number of esters is 1. The van der Waals surface area contributed by atoms with Gasteiger partial charge in [-0.2, -0.15) is 0 Å². The Balaban J connectivity index is 3.24. The molecule has 0 rings (SSSR count). The van der Waals surface area contributed by atoms with Crippen molar-refractivity contribution in [3.63, 3.8) is 0 Å². The van der Waals surface area contributed by atoms with Crippen molar-refractivity contribution < 1.29 is 19.7 Å². The molecule has 0 aliphatic heterocycles. The molecule has 0 spiro atoms. The molecular formula is C19H36O4. The van der Waals surface area contributed by atoms with Gasteiger partial charge in [-0.15, -0.1) is 0 Å². The average Bonchev–Trinajstić information content (AvgIpc) is 2.56. The van der Waals surface area contributed by atoms with Gasteiger partial charge in [0.15, 0.2) is 0 Å². The van der Waals surface area contributed by atoms with Gasteiger partial charge in [0, 0.05) is 6.42 Å². The lowest BCUT2D eigenvalue weighted by Crippen LogP contribution is -2.21. The van der Waals surface area contributed by atoms with E-state index in [1.165, 1.54) is 44.9 Å². The molecule has 4 nitrogen and oxygen atoms in total. The first-order valence-electron chi connectivity index (χ1n) is 9.30. The smallest absolute Gasteiger partial charge is 0.305 e. The molecule has 0 amide bonds. The molecular weight excluding hydrogens is 292 g/mol. The number of ether oxygens (including phenoxy) is 1. The predicted molar refractivity (Wildman–Crippen MR) is 94.3 cm³/mol. The number of carbonyl (C=O) groups excluding carboxylic acids is 1. The van der Waals surface area contributed by atoms with E-state index in [0.717, 1.165) is 25.7 Å². The largest absolute Gasteiger partial charge is 0.463 e. The second-order valence-electron chi connectivity index (χ2n) is 6.15. The molecule has 2 N–H and O–H groups in total. The summed E-state index contributed by atoms with van der Waals surface area (Å²) in [4.78, 5) is 11.3. The van der Waals surface area contributed by atoms with Crippen LogP contribution in [0.2, 0.25) is 0 Å². The van der Waals surface area contributed by atoms with Gasteiger partial charge in [-0.05, 0) is 32.1 Å². The molecule has 136 valence electrons. The first-order chi connectivity index (χ1) is 11.2. The van der Waals surface area contributed by atoms with E-state index in [1.54, 1.807) is 0 Å². The Bertz CT molecular complexity index is 289. The molecule has 0 heterocycles. The Kier molecular flexibility index (Phi) is 16.8. The molecule has 0 saturated heterocycles. The Morgan fingerprint density at radius 2 is 1.52 bits per heavy atom. The number of aliphatic hydroxyl groups excluding tert-OH is 2. The van der Waals surface area contributed by atoms with Crippen LogP contribution in [0.4, 0.5) is 0 Å². The van der Waals surface area contributed by atoms with Gasteiger partial charge in [0.2, 0.25) is 0 Å². The van der Waals surface area contributed by atoms with E-state index < -0.39 is 6.10 Å². The lowest BCUT2D eigenvalue weighted by atomic mass is 10.1. The van der Waals surface area contributed by atoms with Crippen LogP contribution >= 0.6 is 0 Å². The zero-order chi connectivity index (χ0) is 17.2. The second-order valence-corrected chi connectivity index (χ2v) is 6.15. The van der Waals surface area contributed by atoms with E-state index in [0.29, 0.717) is 6.42 Å². The van der Waals surface area contributed by atoms with Crippen molar-refractivity contribution in [1.29, 1.82) is 0 Å². The molecule has 0 aromatic carbocycles. The summed E-state index contributed by atoms with van der Waals surface area (Å²) in [5.41, 5.74) is 0. The number of hydrogen-bond donors (Lipinski definition) is 2. The molecule has 0 aromatic rings. The fourth-order valence-corrected chi connectivity index (χ4v) is 2.30. The standard InChI is InChI=1S/C19H36O4/c1-2-3-4-5-6-7-8-9-10-11-12-13-14-15-19(22)23-17-18(21)16-20/h7-8,18,20-21H,2-6,9-17H2,1H3/b8-7-/t18-/m1/s1. The summed E-state index contributed by atoms with van der Waals surface area (Å²) in [5, 5.41) is 17.7. The van der Waals surface area contributed by atoms with Crippen LogP contribution in [-0.4, -0.2) is 35.5 Å². The van der Waals surface area contributed by atoms with Gasteiger partial charge in [-0.1, -0.05) is 57.6 Å². The van der Waals surface area contributed by atoms with Crippen molar-refractivity contribution in [1.82, 2.24) is 0 Å². The summed E-state index contributed by atoms with van der Waals surface area (Å²) in [5.74, 6) is -0.288.